The smallest absolute Gasteiger partial charge is 0.249 e. The summed E-state index contributed by atoms with van der Waals surface area (Å²) in [5, 5.41) is 14.1. The van der Waals surface area contributed by atoms with Gasteiger partial charge in [-0.15, -0.1) is 5.10 Å². The average molecular weight is 301 g/mol. The number of hydrogen-bond acceptors (Lipinski definition) is 4. The third-order valence-electron chi connectivity index (χ3n) is 3.57. The first-order valence-electron chi connectivity index (χ1n) is 7.88. The first kappa shape index (κ1) is 16.1. The zero-order valence-electron chi connectivity index (χ0n) is 13.0. The summed E-state index contributed by atoms with van der Waals surface area (Å²) in [6.07, 6.45) is 7.32. The van der Waals surface area contributed by atoms with Gasteiger partial charge in [-0.3, -0.25) is 4.79 Å². The largest absolute Gasteiger partial charge is 0.354 e. The second kappa shape index (κ2) is 8.92. The summed E-state index contributed by atoms with van der Waals surface area (Å²) in [5.41, 5.74) is 0.873. The van der Waals surface area contributed by atoms with Crippen LogP contribution in [0.3, 0.4) is 0 Å². The Bertz CT molecular complexity index is 541. The summed E-state index contributed by atoms with van der Waals surface area (Å²) >= 11 is 0. The Hall–Kier alpha value is -2.24. The maximum atomic E-state index is 12.5. The van der Waals surface area contributed by atoms with E-state index in [-0.39, 0.29) is 5.91 Å². The van der Waals surface area contributed by atoms with E-state index < -0.39 is 6.04 Å². The van der Waals surface area contributed by atoms with Gasteiger partial charge in [-0.05, 0) is 22.4 Å². The number of unbranched alkanes of at least 4 members (excludes halogenated alkanes) is 4. The molecule has 0 saturated carbocycles. The van der Waals surface area contributed by atoms with Crippen molar-refractivity contribution < 1.29 is 4.79 Å². The van der Waals surface area contributed by atoms with Crippen LogP contribution >= 0.6 is 0 Å². The summed E-state index contributed by atoms with van der Waals surface area (Å²) in [5.74, 6) is -0.0750. The molecule has 0 aliphatic rings. The van der Waals surface area contributed by atoms with E-state index in [0.29, 0.717) is 6.54 Å². The number of aromatic nitrogens is 4. The van der Waals surface area contributed by atoms with E-state index in [1.165, 1.54) is 30.3 Å². The number of nitrogens with zero attached hydrogens (tertiary/aromatic N) is 4. The highest BCUT2D eigenvalue weighted by Gasteiger charge is 2.23. The lowest BCUT2D eigenvalue weighted by atomic mass is 10.1. The molecule has 0 aliphatic carbocycles. The first-order valence-corrected chi connectivity index (χ1v) is 7.88. The number of benzene rings is 1. The van der Waals surface area contributed by atoms with Crippen LogP contribution in [0, 0.1) is 0 Å². The van der Waals surface area contributed by atoms with Gasteiger partial charge in [0, 0.05) is 6.54 Å². The van der Waals surface area contributed by atoms with Gasteiger partial charge in [0.2, 0.25) is 5.91 Å². The molecule has 0 fully saturated rings. The molecule has 1 heterocycles. The van der Waals surface area contributed by atoms with E-state index in [0.717, 1.165) is 18.4 Å². The number of rotatable bonds is 9. The number of tetrazole rings is 1. The fraction of sp³-hybridized carbons (Fsp3) is 0.500. The van der Waals surface area contributed by atoms with Crippen molar-refractivity contribution in [1.82, 2.24) is 25.5 Å². The monoisotopic (exact) mass is 301 g/mol. The summed E-state index contributed by atoms with van der Waals surface area (Å²) < 4.78 is 1.49. The van der Waals surface area contributed by atoms with Crippen LogP contribution in [0.4, 0.5) is 0 Å². The molecule has 0 bridgehead atoms. The fourth-order valence-electron chi connectivity index (χ4n) is 2.38. The molecule has 1 unspecified atom stereocenters. The van der Waals surface area contributed by atoms with Crippen molar-refractivity contribution in [1.29, 1.82) is 0 Å². The van der Waals surface area contributed by atoms with E-state index in [1.807, 2.05) is 30.3 Å². The minimum Gasteiger partial charge on any atom is -0.354 e. The Labute approximate surface area is 130 Å². The van der Waals surface area contributed by atoms with Crippen LogP contribution in [-0.2, 0) is 4.79 Å². The van der Waals surface area contributed by atoms with Gasteiger partial charge in [-0.25, -0.2) is 4.68 Å². The Morgan fingerprint density at radius 3 is 2.64 bits per heavy atom. The lowest BCUT2D eigenvalue weighted by molar-refractivity contribution is -0.123. The molecule has 0 radical (unpaired) electrons. The molecule has 118 valence electrons. The summed E-state index contributed by atoms with van der Waals surface area (Å²) in [4.78, 5) is 12.5. The lowest BCUT2D eigenvalue weighted by Crippen LogP contribution is -2.34. The molecule has 6 nitrogen and oxygen atoms in total. The molecule has 1 aromatic carbocycles. The molecular weight excluding hydrogens is 278 g/mol. The number of carbonyl (C=O) groups is 1. The topological polar surface area (TPSA) is 72.7 Å². The van der Waals surface area contributed by atoms with Gasteiger partial charge >= 0.3 is 0 Å². The Morgan fingerprint density at radius 1 is 1.18 bits per heavy atom. The van der Waals surface area contributed by atoms with Crippen molar-refractivity contribution in [2.75, 3.05) is 6.54 Å². The quantitative estimate of drug-likeness (QED) is 0.722. The Morgan fingerprint density at radius 2 is 1.95 bits per heavy atom. The SMILES string of the molecule is CCCCCCCNC(=O)C(c1ccccc1)n1cnnn1. The molecule has 22 heavy (non-hydrogen) atoms. The van der Waals surface area contributed by atoms with Crippen molar-refractivity contribution in [3.05, 3.63) is 42.2 Å². The lowest BCUT2D eigenvalue weighted by Gasteiger charge is -2.16. The molecule has 1 atom stereocenters. The first-order chi connectivity index (χ1) is 10.8. The standard InChI is InChI=1S/C16H23N5O/c1-2-3-4-5-9-12-17-16(22)15(21-13-18-19-20-21)14-10-7-6-8-11-14/h6-8,10-11,13,15H,2-5,9,12H2,1H3,(H,17,22). The zero-order valence-corrected chi connectivity index (χ0v) is 13.0. The molecule has 0 saturated heterocycles. The van der Waals surface area contributed by atoms with Crippen LogP contribution in [-0.4, -0.2) is 32.7 Å². The molecule has 0 aliphatic heterocycles. The number of nitrogens with one attached hydrogen (secondary N) is 1. The molecule has 2 rings (SSSR count). The minimum absolute atomic E-state index is 0.0750. The average Bonchev–Trinajstić information content (AvgIpc) is 3.06. The van der Waals surface area contributed by atoms with Gasteiger partial charge in [0.1, 0.15) is 6.33 Å². The van der Waals surface area contributed by atoms with Crippen molar-refractivity contribution >= 4 is 5.91 Å². The predicted octanol–water partition coefficient (Wildman–Crippen LogP) is 2.35. The number of carbonyl (C=O) groups excluding carboxylic acids is 1. The van der Waals surface area contributed by atoms with Crippen LogP contribution in [0.2, 0.25) is 0 Å². The zero-order chi connectivity index (χ0) is 15.6. The van der Waals surface area contributed by atoms with Crippen molar-refractivity contribution in [3.8, 4) is 0 Å². The van der Waals surface area contributed by atoms with Gasteiger partial charge in [0.15, 0.2) is 6.04 Å². The van der Waals surface area contributed by atoms with E-state index in [9.17, 15) is 4.79 Å². The number of amides is 1. The van der Waals surface area contributed by atoms with Gasteiger partial charge in [0.25, 0.3) is 0 Å². The normalized spacial score (nSPS) is 12.0. The Kier molecular flexibility index (Phi) is 6.54. The van der Waals surface area contributed by atoms with Gasteiger partial charge in [-0.2, -0.15) is 0 Å². The molecule has 1 aromatic heterocycles. The molecule has 1 N–H and O–H groups in total. The van der Waals surface area contributed by atoms with Gasteiger partial charge in [0.05, 0.1) is 0 Å². The third-order valence-corrected chi connectivity index (χ3v) is 3.57. The van der Waals surface area contributed by atoms with Crippen LogP contribution in [0.25, 0.3) is 0 Å². The highest BCUT2D eigenvalue weighted by molar-refractivity contribution is 5.83. The molecule has 0 spiro atoms. The van der Waals surface area contributed by atoms with Crippen LogP contribution < -0.4 is 5.32 Å². The highest BCUT2D eigenvalue weighted by Crippen LogP contribution is 2.16. The summed E-state index contributed by atoms with van der Waals surface area (Å²) in [6.45, 7) is 2.88. The van der Waals surface area contributed by atoms with E-state index in [1.54, 1.807) is 0 Å². The third kappa shape index (κ3) is 4.65. The number of hydrogen-bond donors (Lipinski definition) is 1. The summed E-state index contributed by atoms with van der Waals surface area (Å²) in [6, 6.07) is 9.04. The molecular formula is C16H23N5O. The highest BCUT2D eigenvalue weighted by atomic mass is 16.2. The minimum atomic E-state index is -0.521. The maximum absolute atomic E-state index is 12.5. The van der Waals surface area contributed by atoms with Crippen molar-refractivity contribution in [2.45, 2.75) is 45.1 Å². The van der Waals surface area contributed by atoms with Crippen molar-refractivity contribution in [2.24, 2.45) is 0 Å². The predicted molar refractivity (Wildman–Crippen MR) is 84.2 cm³/mol. The van der Waals surface area contributed by atoms with Crippen LogP contribution in [0.15, 0.2) is 36.7 Å². The second-order valence-electron chi connectivity index (χ2n) is 5.31. The summed E-state index contributed by atoms with van der Waals surface area (Å²) in [7, 11) is 0. The van der Waals surface area contributed by atoms with E-state index >= 15 is 0 Å². The van der Waals surface area contributed by atoms with Gasteiger partial charge in [-0.1, -0.05) is 62.9 Å². The van der Waals surface area contributed by atoms with Gasteiger partial charge < -0.3 is 5.32 Å². The van der Waals surface area contributed by atoms with E-state index in [4.69, 9.17) is 0 Å². The van der Waals surface area contributed by atoms with Crippen molar-refractivity contribution in [3.63, 3.8) is 0 Å². The fourth-order valence-corrected chi connectivity index (χ4v) is 2.38. The maximum Gasteiger partial charge on any atom is 0.249 e. The Balaban J connectivity index is 1.93. The second-order valence-corrected chi connectivity index (χ2v) is 5.31. The molecule has 6 heteroatoms. The van der Waals surface area contributed by atoms with Crippen LogP contribution in [0.5, 0.6) is 0 Å². The molecule has 2 aromatic rings. The van der Waals surface area contributed by atoms with Crippen LogP contribution in [0.1, 0.15) is 50.6 Å². The van der Waals surface area contributed by atoms with E-state index in [2.05, 4.69) is 27.8 Å². The molecule has 1 amide bonds.